The second-order valence-electron chi connectivity index (χ2n) is 29.7. The summed E-state index contributed by atoms with van der Waals surface area (Å²) in [5, 5.41) is 99.3. The first-order chi connectivity index (χ1) is 48.8. The zero-order valence-corrected chi connectivity index (χ0v) is 58.6. The molecule has 27 nitrogen and oxygen atoms in total. The third-order valence-electron chi connectivity index (χ3n) is 20.5. The molecule has 6 saturated carbocycles. The Hall–Kier alpha value is -9.99. The van der Waals surface area contributed by atoms with E-state index in [2.05, 4.69) is 16.0 Å². The Kier molecular flexibility index (Phi) is 20.1. The zero-order valence-electron chi connectivity index (χ0n) is 58.6. The van der Waals surface area contributed by atoms with Crippen LogP contribution in [0.1, 0.15) is 186 Å². The second-order valence-corrected chi connectivity index (χ2v) is 29.7. The molecular weight excluding hydrogens is 1300 g/mol. The molecule has 6 fully saturated rings. The number of ether oxygens (including phenoxy) is 4. The van der Waals surface area contributed by atoms with Gasteiger partial charge in [-0.25, -0.2) is 4.73 Å². The number of methoxy groups -OCH3 is 1. The van der Waals surface area contributed by atoms with E-state index in [1.165, 1.54) is 37.4 Å². The van der Waals surface area contributed by atoms with Crippen LogP contribution in [0, 0.1) is 33.6 Å². The summed E-state index contributed by atoms with van der Waals surface area (Å²) in [7, 11) is 4.90. The Morgan fingerprint density at radius 1 is 0.529 bits per heavy atom. The fraction of sp³-hybridized carbons (Fsp3) is 0.480. The number of anilines is 4. The van der Waals surface area contributed by atoms with Gasteiger partial charge in [0.15, 0.2) is 11.2 Å². The van der Waals surface area contributed by atoms with Gasteiger partial charge in [-0.15, -0.1) is 4.73 Å². The standard InChI is InChI=1S/C26H33N5O4.C25H30N4O5.C24H29N5O4/c1-26(33)11-9-19(10-12-26)30-15-18-13-21(23(14-20(18)28-30)35-16-17-7-8-17)27-25(32)22-5-4-6-24(29(2)3)31(22)34;1-25(31)10-8-18(9-11-25)28-14-17-12-20(22(13-19(17)27-28)34-15-16-6-7-16)26-24(30)21-4-3-5-23(33-2)29(21)32;1-24(31)9-7-17(8-10-24)28-13-16-11-19(21(12-18(16)27-28)33-14-15-5-6-15)26-23(30)20-3-2-4-22(25)29(20)32/h4-6,13-15,17,19,33H,7-12,16H2,1-3H3,(H,27,32);3-5,12-14,16,18,31H,6-11,15H2,1-2H3,(H,26,30);2-4,11-13,15,17,25,31-32H,5-10,14H2,1H3,(H,26,30). The van der Waals surface area contributed by atoms with Gasteiger partial charge in [0.05, 0.1) is 116 Å². The first-order valence-electron chi connectivity index (χ1n) is 35.5. The van der Waals surface area contributed by atoms with Gasteiger partial charge in [-0.3, -0.25) is 38.7 Å². The maximum atomic E-state index is 13.1. The summed E-state index contributed by atoms with van der Waals surface area (Å²) >= 11 is 0. The Balaban J connectivity index is 0.000000137. The normalized spacial score (nSPS) is 22.5. The van der Waals surface area contributed by atoms with E-state index in [9.17, 15) is 45.3 Å². The van der Waals surface area contributed by atoms with Crippen LogP contribution in [0.5, 0.6) is 23.1 Å². The molecule has 6 heterocycles. The van der Waals surface area contributed by atoms with Crippen LogP contribution in [-0.2, 0) is 0 Å². The highest BCUT2D eigenvalue weighted by Gasteiger charge is 2.35. The molecular formula is C75H92N14O13. The molecule has 0 radical (unpaired) electrons. The van der Waals surface area contributed by atoms with E-state index in [1.54, 1.807) is 43.3 Å². The molecule has 15 rings (SSSR count). The summed E-state index contributed by atoms with van der Waals surface area (Å²) in [6, 6.07) is 25.6. The molecule has 0 saturated heterocycles. The fourth-order valence-corrected chi connectivity index (χ4v) is 13.4. The van der Waals surface area contributed by atoms with Gasteiger partial charge >= 0.3 is 11.8 Å². The Bertz CT molecular complexity index is 4610. The first kappa shape index (κ1) is 70.4. The summed E-state index contributed by atoms with van der Waals surface area (Å²) in [4.78, 5) is 40.6. The van der Waals surface area contributed by atoms with Crippen molar-refractivity contribution in [1.82, 2.24) is 34.1 Å². The van der Waals surface area contributed by atoms with Gasteiger partial charge in [-0.2, -0.15) is 20.0 Å². The number of pyridine rings is 3. The predicted octanol–water partition coefficient (Wildman–Crippen LogP) is 10.7. The van der Waals surface area contributed by atoms with Crippen molar-refractivity contribution in [1.29, 1.82) is 5.41 Å². The number of benzene rings is 3. The van der Waals surface area contributed by atoms with Crippen LogP contribution in [0.25, 0.3) is 32.7 Å². The lowest BCUT2D eigenvalue weighted by atomic mass is 9.84. The van der Waals surface area contributed by atoms with Crippen molar-refractivity contribution in [2.75, 3.05) is 61.9 Å². The molecule has 3 amide bonds. The lowest BCUT2D eigenvalue weighted by Crippen LogP contribution is -2.41. The van der Waals surface area contributed by atoms with Gasteiger partial charge < -0.3 is 65.8 Å². The maximum Gasteiger partial charge on any atom is 0.379 e. The minimum Gasteiger partial charge on any atom is -0.710 e. The van der Waals surface area contributed by atoms with Crippen LogP contribution in [0.4, 0.5) is 22.9 Å². The third-order valence-corrected chi connectivity index (χ3v) is 20.5. The molecule has 6 aliphatic rings. The Morgan fingerprint density at radius 3 is 1.25 bits per heavy atom. The molecule has 0 atom stereocenters. The Labute approximate surface area is 590 Å². The number of amides is 3. The minimum atomic E-state index is -0.608. The molecule has 540 valence electrons. The van der Waals surface area contributed by atoms with Gasteiger partial charge in [0.2, 0.25) is 0 Å². The molecule has 8 N–H and O–H groups in total. The average molecular weight is 1400 g/mol. The van der Waals surface area contributed by atoms with Crippen LogP contribution < -0.4 is 54.7 Å². The molecule has 102 heavy (non-hydrogen) atoms. The number of fused-ring (bicyclic) bond motifs is 3. The van der Waals surface area contributed by atoms with Crippen molar-refractivity contribution in [3.05, 3.63) is 143 Å². The topological polar surface area (TPSA) is 344 Å². The van der Waals surface area contributed by atoms with Crippen molar-refractivity contribution < 1.29 is 63.3 Å². The van der Waals surface area contributed by atoms with Gasteiger partial charge in [0.25, 0.3) is 23.3 Å². The van der Waals surface area contributed by atoms with Crippen molar-refractivity contribution in [2.24, 2.45) is 17.8 Å². The lowest BCUT2D eigenvalue weighted by Gasteiger charge is -2.33. The van der Waals surface area contributed by atoms with E-state index in [0.29, 0.717) is 91.9 Å². The van der Waals surface area contributed by atoms with Crippen LogP contribution in [0.15, 0.2) is 110 Å². The lowest BCUT2D eigenvalue weighted by molar-refractivity contribution is -0.614. The smallest absolute Gasteiger partial charge is 0.379 e. The summed E-state index contributed by atoms with van der Waals surface area (Å²) in [6.07, 6.45) is 22.4. The van der Waals surface area contributed by atoms with Crippen molar-refractivity contribution in [3.63, 3.8) is 0 Å². The van der Waals surface area contributed by atoms with Crippen LogP contribution >= 0.6 is 0 Å². The monoisotopic (exact) mass is 1400 g/mol. The van der Waals surface area contributed by atoms with Gasteiger partial charge in [0.1, 0.15) is 22.9 Å². The quantitative estimate of drug-likeness (QED) is 0.0200. The fourth-order valence-electron chi connectivity index (χ4n) is 13.4. The molecule has 27 heteroatoms. The summed E-state index contributed by atoms with van der Waals surface area (Å²) in [5.41, 5.74) is 1.75. The van der Waals surface area contributed by atoms with E-state index in [-0.39, 0.29) is 46.6 Å². The molecule has 0 aliphatic heterocycles. The predicted molar refractivity (Wildman–Crippen MR) is 381 cm³/mol. The Morgan fingerprint density at radius 2 is 0.882 bits per heavy atom. The van der Waals surface area contributed by atoms with E-state index >= 15 is 0 Å². The highest BCUT2D eigenvalue weighted by molar-refractivity contribution is 6.06. The van der Waals surface area contributed by atoms with Gasteiger partial charge in [-0.05, 0) is 203 Å². The highest BCUT2D eigenvalue weighted by atomic mass is 16.5. The molecule has 3 aromatic carbocycles. The third kappa shape index (κ3) is 16.8. The van der Waals surface area contributed by atoms with E-state index in [0.717, 1.165) is 148 Å². The number of hydrogen-bond donors (Lipinski definition) is 8. The number of aliphatic hydroxyl groups is 3. The van der Waals surface area contributed by atoms with Crippen LogP contribution in [-0.4, -0.2) is 130 Å². The molecule has 6 aromatic heterocycles. The summed E-state index contributed by atoms with van der Waals surface area (Å²) in [6.45, 7) is 7.40. The van der Waals surface area contributed by atoms with Crippen LogP contribution in [0.2, 0.25) is 0 Å². The molecule has 9 aromatic rings. The number of nitrogens with zero attached hydrogens (tertiary/aromatic N) is 10. The van der Waals surface area contributed by atoms with E-state index in [4.69, 9.17) is 39.7 Å². The van der Waals surface area contributed by atoms with Crippen molar-refractivity contribution >= 4 is 73.3 Å². The SMILES string of the molecule is CC1(O)CCC(n2cc3cc(NC(=O)c4cccc(=N)n4O)c(OCC4CC4)cc3n2)CC1.CN(C)c1cccc(C(=O)Nc2cc3cn(C4CCC(C)(O)CC4)nc3cc2OCC2CC2)[n+]1[O-].COc1cccc(C(=O)Nc2cc3cn(C4CCC(C)(O)CC4)nc3cc2OCC2CC2)[n+]1[O-]. The molecule has 0 spiro atoms. The number of hydrogen-bond acceptors (Lipinski definition) is 18. The zero-order chi connectivity index (χ0) is 71.8. The number of nitrogens with one attached hydrogen (secondary N) is 4. The van der Waals surface area contributed by atoms with Gasteiger partial charge in [-0.1, -0.05) is 6.07 Å². The number of carbonyl (C=O) groups is 3. The van der Waals surface area contributed by atoms with E-state index in [1.807, 2.05) is 89.8 Å². The second kappa shape index (κ2) is 29.2. The van der Waals surface area contributed by atoms with E-state index < -0.39 is 34.5 Å². The minimum absolute atomic E-state index is 0.00870. The molecule has 6 aliphatic carbocycles. The number of carbonyl (C=O) groups excluding carboxylic acids is 3. The first-order valence-corrected chi connectivity index (χ1v) is 35.5. The number of rotatable bonds is 20. The highest BCUT2D eigenvalue weighted by Crippen LogP contribution is 2.42. The molecule has 0 bridgehead atoms. The van der Waals surface area contributed by atoms with Crippen molar-refractivity contribution in [2.45, 2.75) is 171 Å². The number of aromatic nitrogens is 9. The summed E-state index contributed by atoms with van der Waals surface area (Å²) < 4.78 is 30.8. The largest absolute Gasteiger partial charge is 0.710 e. The van der Waals surface area contributed by atoms with Crippen molar-refractivity contribution in [3.8, 4) is 23.1 Å². The molecule has 0 unspecified atom stereocenters. The summed E-state index contributed by atoms with van der Waals surface area (Å²) in [5.74, 6) is 2.07. The maximum absolute atomic E-state index is 13.1. The van der Waals surface area contributed by atoms with Gasteiger partial charge in [0, 0.05) is 65.1 Å². The van der Waals surface area contributed by atoms with Crippen LogP contribution in [0.3, 0.4) is 0 Å². The average Bonchev–Trinajstić information content (AvgIpc) is 1.72.